The van der Waals surface area contributed by atoms with Gasteiger partial charge in [0.15, 0.2) is 0 Å². The molecule has 0 saturated carbocycles. The van der Waals surface area contributed by atoms with Gasteiger partial charge < -0.3 is 5.73 Å². The minimum Gasteiger partial charge on any atom is -0.327 e. The number of nitrogens with zero attached hydrogens (tertiary/aromatic N) is 1. The van der Waals surface area contributed by atoms with Gasteiger partial charge in [0.25, 0.3) is 0 Å². The molecule has 2 rings (SSSR count). The second kappa shape index (κ2) is 6.77. The van der Waals surface area contributed by atoms with Crippen molar-refractivity contribution in [2.45, 2.75) is 32.9 Å². The molecular formula is C14H21BrCl2N2. The Morgan fingerprint density at radius 1 is 1.47 bits per heavy atom. The number of benzene rings is 1. The molecule has 1 aliphatic heterocycles. The maximum atomic E-state index is 6.16. The summed E-state index contributed by atoms with van der Waals surface area (Å²) in [6.07, 6.45) is 1.07. The van der Waals surface area contributed by atoms with E-state index in [2.05, 4.69) is 40.7 Å². The highest BCUT2D eigenvalue weighted by atomic mass is 79.9. The van der Waals surface area contributed by atoms with Gasteiger partial charge in [-0.1, -0.05) is 31.5 Å². The summed E-state index contributed by atoms with van der Waals surface area (Å²) in [6.45, 7) is 7.56. The molecule has 1 heterocycles. The SMILES string of the molecule is CC1(C)CN(Cc2ccc(Br)c(Cl)c2)CCC1N.Cl. The molecular weight excluding hydrogens is 347 g/mol. The van der Waals surface area contributed by atoms with Crippen LogP contribution < -0.4 is 5.73 Å². The number of hydrogen-bond donors (Lipinski definition) is 1. The van der Waals surface area contributed by atoms with E-state index >= 15 is 0 Å². The number of likely N-dealkylation sites (tertiary alicyclic amines) is 1. The maximum Gasteiger partial charge on any atom is 0.0551 e. The predicted octanol–water partition coefficient (Wildman–Crippen LogP) is 4.08. The van der Waals surface area contributed by atoms with Crippen LogP contribution in [0.2, 0.25) is 5.02 Å². The molecule has 1 aromatic carbocycles. The molecule has 108 valence electrons. The highest BCUT2D eigenvalue weighted by Gasteiger charge is 2.33. The monoisotopic (exact) mass is 366 g/mol. The fourth-order valence-corrected chi connectivity index (χ4v) is 2.97. The van der Waals surface area contributed by atoms with Crippen molar-refractivity contribution in [1.82, 2.24) is 4.90 Å². The number of nitrogens with two attached hydrogens (primary N) is 1. The Morgan fingerprint density at radius 2 is 2.16 bits per heavy atom. The smallest absolute Gasteiger partial charge is 0.0551 e. The van der Waals surface area contributed by atoms with Gasteiger partial charge in [0.2, 0.25) is 0 Å². The van der Waals surface area contributed by atoms with Crippen LogP contribution in [0.5, 0.6) is 0 Å². The van der Waals surface area contributed by atoms with E-state index < -0.39 is 0 Å². The number of piperidine rings is 1. The molecule has 2 nitrogen and oxygen atoms in total. The van der Waals surface area contributed by atoms with Crippen LogP contribution in [0.4, 0.5) is 0 Å². The summed E-state index contributed by atoms with van der Waals surface area (Å²) in [7, 11) is 0. The minimum absolute atomic E-state index is 0. The molecule has 1 saturated heterocycles. The summed E-state index contributed by atoms with van der Waals surface area (Å²) in [5.41, 5.74) is 7.61. The third-order valence-electron chi connectivity index (χ3n) is 3.78. The Hall–Kier alpha value is 0.200. The lowest BCUT2D eigenvalue weighted by molar-refractivity contribution is 0.0899. The van der Waals surface area contributed by atoms with Gasteiger partial charge in [-0.25, -0.2) is 0 Å². The van der Waals surface area contributed by atoms with Gasteiger partial charge in [-0.3, -0.25) is 4.90 Å². The largest absolute Gasteiger partial charge is 0.327 e. The molecule has 0 spiro atoms. The van der Waals surface area contributed by atoms with Gasteiger partial charge >= 0.3 is 0 Å². The molecule has 2 N–H and O–H groups in total. The van der Waals surface area contributed by atoms with Crippen LogP contribution in [0.1, 0.15) is 25.8 Å². The quantitative estimate of drug-likeness (QED) is 0.853. The Labute approximate surface area is 135 Å². The molecule has 1 atom stereocenters. The second-order valence-electron chi connectivity index (χ2n) is 5.84. The first-order chi connectivity index (χ1) is 8.38. The van der Waals surface area contributed by atoms with E-state index in [0.717, 1.165) is 35.6 Å². The minimum atomic E-state index is 0. The third-order valence-corrected chi connectivity index (χ3v) is 5.01. The van der Waals surface area contributed by atoms with Crippen molar-refractivity contribution < 1.29 is 0 Å². The molecule has 19 heavy (non-hydrogen) atoms. The Kier molecular flexibility index (Phi) is 6.15. The van der Waals surface area contributed by atoms with E-state index in [9.17, 15) is 0 Å². The van der Waals surface area contributed by atoms with Crippen molar-refractivity contribution in [2.24, 2.45) is 11.1 Å². The molecule has 0 bridgehead atoms. The normalized spacial score (nSPS) is 22.9. The van der Waals surface area contributed by atoms with Crippen LogP contribution in [0, 0.1) is 5.41 Å². The average Bonchev–Trinajstić information content (AvgIpc) is 2.28. The highest BCUT2D eigenvalue weighted by Crippen LogP contribution is 2.29. The van der Waals surface area contributed by atoms with E-state index in [1.54, 1.807) is 0 Å². The average molecular weight is 368 g/mol. The van der Waals surface area contributed by atoms with Crippen LogP contribution in [0.25, 0.3) is 0 Å². The van der Waals surface area contributed by atoms with Gasteiger partial charge in [-0.2, -0.15) is 0 Å². The lowest BCUT2D eigenvalue weighted by Crippen LogP contribution is -2.52. The third kappa shape index (κ3) is 4.33. The van der Waals surface area contributed by atoms with Crippen LogP contribution in [-0.4, -0.2) is 24.0 Å². The van der Waals surface area contributed by atoms with E-state index in [-0.39, 0.29) is 17.8 Å². The topological polar surface area (TPSA) is 29.3 Å². The summed E-state index contributed by atoms with van der Waals surface area (Å²) < 4.78 is 0.953. The zero-order chi connectivity index (χ0) is 13.3. The number of hydrogen-bond acceptors (Lipinski definition) is 2. The van der Waals surface area contributed by atoms with Gasteiger partial charge in [0, 0.05) is 30.1 Å². The van der Waals surface area contributed by atoms with Gasteiger partial charge in [0.05, 0.1) is 5.02 Å². The Morgan fingerprint density at radius 3 is 2.74 bits per heavy atom. The molecule has 0 aliphatic carbocycles. The van der Waals surface area contributed by atoms with E-state index in [4.69, 9.17) is 17.3 Å². The van der Waals surface area contributed by atoms with Crippen LogP contribution in [0.3, 0.4) is 0 Å². The molecule has 0 amide bonds. The lowest BCUT2D eigenvalue weighted by Gasteiger charge is -2.42. The molecule has 5 heteroatoms. The molecule has 0 radical (unpaired) electrons. The fourth-order valence-electron chi connectivity index (χ4n) is 2.52. The summed E-state index contributed by atoms with van der Waals surface area (Å²) in [4.78, 5) is 2.46. The van der Waals surface area contributed by atoms with E-state index in [0.29, 0.717) is 6.04 Å². The van der Waals surface area contributed by atoms with Gasteiger partial charge in [0.1, 0.15) is 0 Å². The fraction of sp³-hybridized carbons (Fsp3) is 0.571. The standard InChI is InChI=1S/C14H20BrClN2.ClH/c1-14(2)9-18(6-5-13(14)17)8-10-3-4-11(15)12(16)7-10;/h3-4,7,13H,5-6,8-9,17H2,1-2H3;1H. The summed E-state index contributed by atoms with van der Waals surface area (Å²) >= 11 is 9.54. The first-order valence-corrected chi connectivity index (χ1v) is 7.47. The number of halogens is 3. The molecule has 1 unspecified atom stereocenters. The Balaban J connectivity index is 0.00000180. The van der Waals surface area contributed by atoms with Crippen LogP contribution >= 0.6 is 39.9 Å². The summed E-state index contributed by atoms with van der Waals surface area (Å²) in [5.74, 6) is 0. The van der Waals surface area contributed by atoms with Gasteiger partial charge in [-0.15, -0.1) is 12.4 Å². The summed E-state index contributed by atoms with van der Waals surface area (Å²) in [5, 5.41) is 0.778. The second-order valence-corrected chi connectivity index (χ2v) is 7.10. The molecule has 1 aliphatic rings. The maximum absolute atomic E-state index is 6.16. The molecule has 0 aromatic heterocycles. The Bertz CT molecular complexity index is 437. The predicted molar refractivity (Wildman–Crippen MR) is 88.1 cm³/mol. The molecule has 1 aromatic rings. The van der Waals surface area contributed by atoms with Crippen molar-refractivity contribution in [3.05, 3.63) is 33.3 Å². The first-order valence-electron chi connectivity index (χ1n) is 6.30. The van der Waals surface area contributed by atoms with Crippen LogP contribution in [0.15, 0.2) is 22.7 Å². The lowest BCUT2D eigenvalue weighted by atomic mass is 9.79. The van der Waals surface area contributed by atoms with E-state index in [1.807, 2.05) is 12.1 Å². The number of rotatable bonds is 2. The van der Waals surface area contributed by atoms with E-state index in [1.165, 1.54) is 5.56 Å². The van der Waals surface area contributed by atoms with Crippen molar-refractivity contribution in [2.75, 3.05) is 13.1 Å². The van der Waals surface area contributed by atoms with Crippen molar-refractivity contribution in [3.8, 4) is 0 Å². The first kappa shape index (κ1) is 17.3. The van der Waals surface area contributed by atoms with Crippen molar-refractivity contribution >= 4 is 39.9 Å². The highest BCUT2D eigenvalue weighted by molar-refractivity contribution is 9.10. The van der Waals surface area contributed by atoms with Crippen molar-refractivity contribution in [1.29, 1.82) is 0 Å². The van der Waals surface area contributed by atoms with Crippen molar-refractivity contribution in [3.63, 3.8) is 0 Å². The zero-order valence-corrected chi connectivity index (χ0v) is 14.5. The zero-order valence-electron chi connectivity index (χ0n) is 11.3. The van der Waals surface area contributed by atoms with Crippen LogP contribution in [-0.2, 0) is 6.54 Å². The summed E-state index contributed by atoms with van der Waals surface area (Å²) in [6, 6.07) is 6.48. The van der Waals surface area contributed by atoms with Gasteiger partial charge in [-0.05, 0) is 45.5 Å². The molecule has 1 fully saturated rings.